The van der Waals surface area contributed by atoms with Gasteiger partial charge in [0.25, 0.3) is 0 Å². The number of alkyl halides is 1. The number of hydrogen-bond acceptors (Lipinski definition) is 2. The molecule has 1 fully saturated rings. The molecular weight excluding hydrogens is 394 g/mol. The average molecular weight is 433 g/mol. The summed E-state index contributed by atoms with van der Waals surface area (Å²) in [5, 5.41) is 0.862. The van der Waals surface area contributed by atoms with Crippen molar-refractivity contribution in [3.05, 3.63) is 11.3 Å². The zero-order chi connectivity index (χ0) is 19.6. The summed E-state index contributed by atoms with van der Waals surface area (Å²) in [5.41, 5.74) is -0.127. The highest BCUT2D eigenvalue weighted by atomic mass is 79.9. The highest BCUT2D eigenvalue weighted by Gasteiger charge is 2.52. The molecule has 0 aromatic carbocycles. The van der Waals surface area contributed by atoms with Crippen LogP contribution >= 0.6 is 15.9 Å². The van der Waals surface area contributed by atoms with Crippen molar-refractivity contribution < 1.29 is 13.7 Å². The number of halogens is 2. The first-order valence-corrected chi connectivity index (χ1v) is 11.7. The summed E-state index contributed by atoms with van der Waals surface area (Å²) in [7, 11) is -0.548. The lowest BCUT2D eigenvalue weighted by Crippen LogP contribution is -2.41. The topological polar surface area (TPSA) is 18.5 Å². The predicted molar refractivity (Wildman–Crippen MR) is 114 cm³/mol. The summed E-state index contributed by atoms with van der Waals surface area (Å²) in [6.07, 6.45) is 11.9. The second kappa shape index (κ2) is 11.9. The molecule has 0 spiro atoms. The lowest BCUT2D eigenvalue weighted by Gasteiger charge is -2.32. The molecule has 0 aromatic heterocycles. The first-order valence-electron chi connectivity index (χ1n) is 10.5. The molecule has 152 valence electrons. The van der Waals surface area contributed by atoms with Crippen LogP contribution in [-0.4, -0.2) is 23.7 Å². The fourth-order valence-electron chi connectivity index (χ4n) is 3.20. The lowest BCUT2D eigenvalue weighted by atomic mass is 9.74. The van der Waals surface area contributed by atoms with Gasteiger partial charge in [0.15, 0.2) is 0 Å². The highest BCUT2D eigenvalue weighted by Crippen LogP contribution is 2.40. The lowest BCUT2D eigenvalue weighted by molar-refractivity contribution is 0.00578. The van der Waals surface area contributed by atoms with Crippen LogP contribution in [0.25, 0.3) is 0 Å². The molecule has 26 heavy (non-hydrogen) atoms. The maximum Gasteiger partial charge on any atom is 0.493 e. The molecule has 0 saturated carbocycles. The van der Waals surface area contributed by atoms with Crippen molar-refractivity contribution in [2.24, 2.45) is 0 Å². The number of allylic oxidation sites excluding steroid dienone is 2. The predicted octanol–water partition coefficient (Wildman–Crippen LogP) is 7.55. The minimum absolute atomic E-state index is 0.0181. The fourth-order valence-corrected chi connectivity index (χ4v) is 3.48. The van der Waals surface area contributed by atoms with Crippen LogP contribution in [0.5, 0.6) is 0 Å². The first-order chi connectivity index (χ1) is 12.2. The SMILES string of the molecule is CCCCCCCCCC/C(F)=C(\CCCBr)B1OC(C)(C)C(C)(C)O1. The van der Waals surface area contributed by atoms with E-state index in [0.29, 0.717) is 18.3 Å². The summed E-state index contributed by atoms with van der Waals surface area (Å²) < 4.78 is 27.1. The van der Waals surface area contributed by atoms with Crippen molar-refractivity contribution in [3.63, 3.8) is 0 Å². The van der Waals surface area contributed by atoms with Gasteiger partial charge in [0.05, 0.1) is 17.0 Å². The van der Waals surface area contributed by atoms with E-state index in [1.54, 1.807) is 0 Å². The van der Waals surface area contributed by atoms with Crippen molar-refractivity contribution >= 4 is 23.0 Å². The molecule has 0 radical (unpaired) electrons. The van der Waals surface area contributed by atoms with Crippen LogP contribution in [-0.2, 0) is 9.31 Å². The number of unbranched alkanes of at least 4 members (excludes halogenated alkanes) is 7. The molecule has 1 aliphatic rings. The van der Waals surface area contributed by atoms with Crippen molar-refractivity contribution in [1.82, 2.24) is 0 Å². The van der Waals surface area contributed by atoms with Gasteiger partial charge in [0.1, 0.15) is 0 Å². The van der Waals surface area contributed by atoms with Crippen LogP contribution in [0.4, 0.5) is 4.39 Å². The Hall–Kier alpha value is 0.135. The van der Waals surface area contributed by atoms with Gasteiger partial charge in [0, 0.05) is 5.33 Å². The fraction of sp³-hybridized carbons (Fsp3) is 0.905. The zero-order valence-electron chi connectivity index (χ0n) is 17.6. The molecule has 1 saturated heterocycles. The molecule has 0 aliphatic carbocycles. The van der Waals surface area contributed by atoms with Crippen molar-refractivity contribution in [2.75, 3.05) is 5.33 Å². The summed E-state index contributed by atoms with van der Waals surface area (Å²) in [4.78, 5) is 0. The third-order valence-electron chi connectivity index (χ3n) is 5.72. The molecule has 0 amide bonds. The first kappa shape index (κ1) is 24.2. The summed E-state index contributed by atoms with van der Waals surface area (Å²) in [6, 6.07) is 0. The van der Waals surface area contributed by atoms with Gasteiger partial charge >= 0.3 is 7.12 Å². The Kier molecular flexibility index (Phi) is 11.0. The smallest absolute Gasteiger partial charge is 0.399 e. The number of hydrogen-bond donors (Lipinski definition) is 0. The Bertz CT molecular complexity index is 422. The van der Waals surface area contributed by atoms with E-state index in [0.717, 1.165) is 24.6 Å². The van der Waals surface area contributed by atoms with Crippen LogP contribution in [0.3, 0.4) is 0 Å². The van der Waals surface area contributed by atoms with E-state index >= 15 is 0 Å². The average Bonchev–Trinajstić information content (AvgIpc) is 2.78. The van der Waals surface area contributed by atoms with Gasteiger partial charge in [-0.25, -0.2) is 4.39 Å². The Labute approximate surface area is 169 Å². The third-order valence-corrected chi connectivity index (χ3v) is 6.28. The van der Waals surface area contributed by atoms with Crippen LogP contribution in [0, 0.1) is 0 Å². The molecular formula is C21H39BBrFO2. The summed E-state index contributed by atoms with van der Waals surface area (Å²) >= 11 is 3.45. The van der Waals surface area contributed by atoms with Crippen LogP contribution in [0.15, 0.2) is 11.3 Å². The molecule has 0 N–H and O–H groups in total. The Morgan fingerprint density at radius 1 is 0.808 bits per heavy atom. The molecule has 0 atom stereocenters. The third kappa shape index (κ3) is 7.63. The van der Waals surface area contributed by atoms with E-state index in [4.69, 9.17) is 9.31 Å². The van der Waals surface area contributed by atoms with Crippen LogP contribution in [0.2, 0.25) is 0 Å². The standard InChI is InChI=1S/C21H39BBrFO2/c1-6-7-8-9-10-11-12-13-16-19(24)18(15-14-17-23)22-25-20(2,3)21(4,5)26-22/h6-17H2,1-5H3/b19-18-. The van der Waals surface area contributed by atoms with Gasteiger partial charge in [-0.3, -0.25) is 0 Å². The minimum Gasteiger partial charge on any atom is -0.399 e. The van der Waals surface area contributed by atoms with Gasteiger partial charge in [-0.1, -0.05) is 67.8 Å². The largest absolute Gasteiger partial charge is 0.493 e. The van der Waals surface area contributed by atoms with Gasteiger partial charge in [-0.15, -0.1) is 0 Å². The molecule has 2 nitrogen and oxygen atoms in total. The molecule has 0 unspecified atom stereocenters. The Morgan fingerprint density at radius 2 is 1.31 bits per heavy atom. The molecule has 1 aliphatic heterocycles. The molecule has 0 bridgehead atoms. The molecule has 5 heteroatoms. The van der Waals surface area contributed by atoms with E-state index in [9.17, 15) is 4.39 Å². The van der Waals surface area contributed by atoms with E-state index in [-0.39, 0.29) is 5.83 Å². The zero-order valence-corrected chi connectivity index (χ0v) is 19.2. The minimum atomic E-state index is -0.548. The highest BCUT2D eigenvalue weighted by molar-refractivity contribution is 9.09. The Morgan fingerprint density at radius 3 is 1.81 bits per heavy atom. The normalized spacial score (nSPS) is 19.7. The quantitative estimate of drug-likeness (QED) is 0.170. The maximum atomic E-state index is 14.9. The van der Waals surface area contributed by atoms with Crippen LogP contribution < -0.4 is 0 Å². The molecule has 1 rings (SSSR count). The maximum absolute atomic E-state index is 14.9. The van der Waals surface area contributed by atoms with Crippen molar-refractivity contribution in [2.45, 2.75) is 116 Å². The molecule has 0 aromatic rings. The van der Waals surface area contributed by atoms with E-state index in [1.165, 1.54) is 38.5 Å². The van der Waals surface area contributed by atoms with Gasteiger partial charge in [0.2, 0.25) is 0 Å². The van der Waals surface area contributed by atoms with Crippen molar-refractivity contribution in [1.29, 1.82) is 0 Å². The Balaban J connectivity index is 2.53. The van der Waals surface area contributed by atoms with Gasteiger partial charge < -0.3 is 9.31 Å². The van der Waals surface area contributed by atoms with Crippen molar-refractivity contribution in [3.8, 4) is 0 Å². The van der Waals surface area contributed by atoms with Gasteiger partial charge in [-0.05, 0) is 58.9 Å². The van der Waals surface area contributed by atoms with E-state index < -0.39 is 18.3 Å². The molecule has 1 heterocycles. The number of rotatable bonds is 13. The second-order valence-electron chi connectivity index (χ2n) is 8.54. The summed E-state index contributed by atoms with van der Waals surface area (Å²) in [5.74, 6) is -0.0181. The second-order valence-corrected chi connectivity index (χ2v) is 9.33. The monoisotopic (exact) mass is 432 g/mol. The van der Waals surface area contributed by atoms with Crippen LogP contribution in [0.1, 0.15) is 105 Å². The van der Waals surface area contributed by atoms with E-state index in [1.807, 2.05) is 27.7 Å². The van der Waals surface area contributed by atoms with E-state index in [2.05, 4.69) is 22.9 Å². The van der Waals surface area contributed by atoms with Gasteiger partial charge in [-0.2, -0.15) is 0 Å². The summed E-state index contributed by atoms with van der Waals surface area (Å²) in [6.45, 7) is 10.3.